The van der Waals surface area contributed by atoms with Gasteiger partial charge in [0.05, 0.1) is 5.56 Å². The van der Waals surface area contributed by atoms with Crippen LogP contribution in [0.25, 0.3) is 0 Å². The Morgan fingerprint density at radius 3 is 1.53 bits per heavy atom. The van der Waals surface area contributed by atoms with Crippen molar-refractivity contribution in [2.75, 3.05) is 13.2 Å². The molecule has 1 aromatic rings. The van der Waals surface area contributed by atoms with Gasteiger partial charge in [-0.05, 0) is 12.1 Å². The summed E-state index contributed by atoms with van der Waals surface area (Å²) in [5, 5.41) is 10.2. The Kier molecular flexibility index (Phi) is 14.4. The van der Waals surface area contributed by atoms with E-state index in [1.807, 2.05) is 0 Å². The summed E-state index contributed by atoms with van der Waals surface area (Å²) in [7, 11) is 0. The van der Waals surface area contributed by atoms with Crippen LogP contribution in [-0.4, -0.2) is 133 Å². The number of esters is 7. The standard InChI is InChI=1S/C36H40O21/c1-14(37)47-12-25-29(49-16(3)39)31(50-17(4)40)34(53-20(7)43)36(56-25)57-30-26(13-48-15(2)38)55-35(33(52-19(6)42)32(30)51-18(5)41)54-24-11-23(45)27-21(28(24)46)9-8-10-22(27)44/h8-11,25-26,29-36,44H,12-13H2,1-7H3/t25-,26-,29-,30+,31+,32+,33-,34-,35-,36+/m0/s1. The van der Waals surface area contributed by atoms with Gasteiger partial charge in [0.15, 0.2) is 42.2 Å². The molecule has 0 bridgehead atoms. The highest BCUT2D eigenvalue weighted by Crippen LogP contribution is 2.37. The molecule has 0 unspecified atom stereocenters. The number of carbonyl (C=O) groups is 9. The van der Waals surface area contributed by atoms with Crippen molar-refractivity contribution in [3.63, 3.8) is 0 Å². The predicted octanol–water partition coefficient (Wildman–Crippen LogP) is 0.291. The molecule has 57 heavy (non-hydrogen) atoms. The second-order valence-electron chi connectivity index (χ2n) is 12.7. The van der Waals surface area contributed by atoms with Gasteiger partial charge in [0, 0.05) is 60.1 Å². The zero-order valence-electron chi connectivity index (χ0n) is 31.6. The predicted molar refractivity (Wildman–Crippen MR) is 179 cm³/mol. The van der Waals surface area contributed by atoms with Crippen LogP contribution in [-0.2, 0) is 85.7 Å². The van der Waals surface area contributed by atoms with Crippen molar-refractivity contribution in [2.24, 2.45) is 0 Å². The van der Waals surface area contributed by atoms with Gasteiger partial charge in [0.2, 0.25) is 18.2 Å². The summed E-state index contributed by atoms with van der Waals surface area (Å²) in [6.07, 6.45) is -16.7. The molecule has 2 heterocycles. The molecule has 2 fully saturated rings. The van der Waals surface area contributed by atoms with E-state index in [2.05, 4.69) is 0 Å². The van der Waals surface area contributed by atoms with Crippen LogP contribution in [0.5, 0.6) is 5.75 Å². The van der Waals surface area contributed by atoms with Gasteiger partial charge in [-0.15, -0.1) is 0 Å². The summed E-state index contributed by atoms with van der Waals surface area (Å²) in [5.41, 5.74) is -0.546. The smallest absolute Gasteiger partial charge is 0.303 e. The average molecular weight is 809 g/mol. The lowest BCUT2D eigenvalue weighted by atomic mass is 9.92. The highest BCUT2D eigenvalue weighted by molar-refractivity contribution is 6.24. The quantitative estimate of drug-likeness (QED) is 0.207. The number of benzene rings is 1. The Morgan fingerprint density at radius 1 is 0.579 bits per heavy atom. The fourth-order valence-electron chi connectivity index (χ4n) is 6.16. The molecule has 1 N–H and O–H groups in total. The van der Waals surface area contributed by atoms with Crippen LogP contribution in [0.15, 0.2) is 30.0 Å². The number of Topliss-reactive ketones (excluding diaryl/α,β-unsaturated/α-hetero) is 1. The Hall–Kier alpha value is -5.93. The van der Waals surface area contributed by atoms with E-state index >= 15 is 0 Å². The topological polar surface area (TPSA) is 275 Å². The van der Waals surface area contributed by atoms with E-state index in [0.717, 1.165) is 54.5 Å². The molecule has 2 aliphatic heterocycles. The van der Waals surface area contributed by atoms with E-state index in [-0.39, 0.29) is 11.1 Å². The number of fused-ring (bicyclic) bond motifs is 1. The van der Waals surface area contributed by atoms with Gasteiger partial charge in [-0.3, -0.25) is 43.2 Å². The first kappa shape index (κ1) is 43.8. The molecule has 1 aliphatic carbocycles. The Bertz CT molecular complexity index is 1820. The SMILES string of the molecule is CC(=O)OC[C@@H]1O[C@H](O[C@H]2[C@@H](OC(C)=O)[C@H](OC(C)=O)[C@@H](OC3=CC(=O)c4c(O)cccc4C3=O)O[C@H]2COC(C)=O)[C@@H](OC(C)=O)[C@H](OC(C)=O)[C@H]1OC(C)=O. The van der Waals surface area contributed by atoms with E-state index in [4.69, 9.17) is 52.1 Å². The van der Waals surface area contributed by atoms with Crippen LogP contribution >= 0.6 is 0 Å². The number of hydrogen-bond acceptors (Lipinski definition) is 21. The van der Waals surface area contributed by atoms with Gasteiger partial charge in [-0.2, -0.15) is 0 Å². The summed E-state index contributed by atoms with van der Waals surface area (Å²) in [4.78, 5) is 113. The molecule has 0 saturated carbocycles. The van der Waals surface area contributed by atoms with Crippen LogP contribution < -0.4 is 0 Å². The molecule has 1 aromatic carbocycles. The highest BCUT2D eigenvalue weighted by Gasteiger charge is 2.58. The van der Waals surface area contributed by atoms with Crippen LogP contribution in [0.4, 0.5) is 0 Å². The molecule has 0 aromatic heterocycles. The second-order valence-corrected chi connectivity index (χ2v) is 12.7. The molecule has 21 heteroatoms. The van der Waals surface area contributed by atoms with Crippen molar-refractivity contribution in [1.29, 1.82) is 0 Å². The number of ether oxygens (including phenoxy) is 11. The number of aromatic hydroxyl groups is 1. The van der Waals surface area contributed by atoms with Gasteiger partial charge in [-0.25, -0.2) is 0 Å². The fourth-order valence-corrected chi connectivity index (χ4v) is 6.16. The molecule has 10 atom stereocenters. The Morgan fingerprint density at radius 2 is 1.02 bits per heavy atom. The first-order chi connectivity index (χ1) is 26.8. The Labute approximate surface area is 323 Å². The number of ketones is 2. The third-order valence-corrected chi connectivity index (χ3v) is 8.15. The number of rotatable bonds is 13. The highest BCUT2D eigenvalue weighted by atomic mass is 16.8. The number of hydrogen-bond donors (Lipinski definition) is 1. The lowest BCUT2D eigenvalue weighted by Gasteiger charge is -2.48. The normalized spacial score (nSPS) is 28.0. The zero-order valence-corrected chi connectivity index (χ0v) is 31.6. The summed E-state index contributed by atoms with van der Waals surface area (Å²) in [5.74, 6) is -9.37. The maximum Gasteiger partial charge on any atom is 0.303 e. The van der Waals surface area contributed by atoms with E-state index in [1.54, 1.807) is 0 Å². The third kappa shape index (κ3) is 11.1. The minimum absolute atomic E-state index is 0.241. The van der Waals surface area contributed by atoms with Crippen molar-refractivity contribution < 1.29 is 100 Å². The number of carbonyl (C=O) groups excluding carboxylic acids is 9. The number of allylic oxidation sites excluding steroid dienone is 2. The maximum atomic E-state index is 13.5. The molecule has 0 spiro atoms. The van der Waals surface area contributed by atoms with Gasteiger partial charge in [0.1, 0.15) is 37.3 Å². The molecule has 4 rings (SSSR count). The molecule has 0 amide bonds. The molecule has 310 valence electrons. The zero-order chi connectivity index (χ0) is 42.3. The van der Waals surface area contributed by atoms with E-state index in [9.17, 15) is 48.3 Å². The monoisotopic (exact) mass is 808 g/mol. The van der Waals surface area contributed by atoms with Crippen molar-refractivity contribution in [1.82, 2.24) is 0 Å². The number of phenols is 1. The average Bonchev–Trinajstić information content (AvgIpc) is 3.09. The van der Waals surface area contributed by atoms with Crippen molar-refractivity contribution in [3.8, 4) is 5.75 Å². The minimum atomic E-state index is -1.92. The first-order valence-electron chi connectivity index (χ1n) is 17.2. The fraction of sp³-hybridized carbons (Fsp3) is 0.528. The second kappa shape index (κ2) is 18.8. The van der Waals surface area contributed by atoms with E-state index < -0.39 is 139 Å². The molecule has 21 nitrogen and oxygen atoms in total. The van der Waals surface area contributed by atoms with Crippen molar-refractivity contribution in [3.05, 3.63) is 41.2 Å². The maximum absolute atomic E-state index is 13.5. The van der Waals surface area contributed by atoms with Crippen molar-refractivity contribution in [2.45, 2.75) is 110 Å². The summed E-state index contributed by atoms with van der Waals surface area (Å²) < 4.78 is 61.9. The van der Waals surface area contributed by atoms with E-state index in [0.29, 0.717) is 0 Å². The lowest BCUT2D eigenvalue weighted by molar-refractivity contribution is -0.358. The van der Waals surface area contributed by atoms with Gasteiger partial charge >= 0.3 is 41.8 Å². The van der Waals surface area contributed by atoms with Crippen LogP contribution in [0.2, 0.25) is 0 Å². The van der Waals surface area contributed by atoms with Gasteiger partial charge in [-0.1, -0.05) is 6.07 Å². The van der Waals surface area contributed by atoms with Crippen LogP contribution in [0, 0.1) is 0 Å². The molecule has 3 aliphatic rings. The first-order valence-corrected chi connectivity index (χ1v) is 17.2. The summed E-state index contributed by atoms with van der Waals surface area (Å²) >= 11 is 0. The van der Waals surface area contributed by atoms with Gasteiger partial charge < -0.3 is 57.2 Å². The molecule has 2 saturated heterocycles. The van der Waals surface area contributed by atoms with E-state index in [1.165, 1.54) is 18.2 Å². The largest absolute Gasteiger partial charge is 0.507 e. The molecular weight excluding hydrogens is 768 g/mol. The van der Waals surface area contributed by atoms with Crippen LogP contribution in [0.1, 0.15) is 69.2 Å². The Balaban J connectivity index is 1.83. The lowest BCUT2D eigenvalue weighted by Crippen LogP contribution is -2.67. The summed E-state index contributed by atoms with van der Waals surface area (Å²) in [6.45, 7) is 5.67. The minimum Gasteiger partial charge on any atom is -0.507 e. The van der Waals surface area contributed by atoms with Gasteiger partial charge in [0.25, 0.3) is 0 Å². The van der Waals surface area contributed by atoms with Crippen LogP contribution in [0.3, 0.4) is 0 Å². The molecular formula is C36H40O21. The summed E-state index contributed by atoms with van der Waals surface area (Å²) in [6, 6.07) is 3.75. The number of phenolic OH excluding ortho intramolecular Hbond substituents is 1. The third-order valence-electron chi connectivity index (χ3n) is 8.15. The van der Waals surface area contributed by atoms with Crippen molar-refractivity contribution >= 4 is 53.4 Å². The molecule has 0 radical (unpaired) electrons.